The summed E-state index contributed by atoms with van der Waals surface area (Å²) in [5, 5.41) is 20.8. The van der Waals surface area contributed by atoms with Gasteiger partial charge in [-0.2, -0.15) is 0 Å². The van der Waals surface area contributed by atoms with Crippen molar-refractivity contribution in [2.75, 3.05) is 39.6 Å². The van der Waals surface area contributed by atoms with Crippen molar-refractivity contribution in [1.29, 1.82) is 0 Å². The number of rotatable bonds is 99. The van der Waals surface area contributed by atoms with Gasteiger partial charge in [-0.05, 0) is 167 Å². The normalized spacial score (nSPS) is 14.4. The first-order valence-electron chi connectivity index (χ1n) is 52.7. The third-order valence-corrected chi connectivity index (χ3v) is 24.2. The Hall–Kier alpha value is -5.61. The molecule has 0 aromatic carbocycles. The van der Waals surface area contributed by atoms with Crippen LogP contribution in [0.5, 0.6) is 0 Å². The monoisotopic (exact) mass is 1870 g/mol. The number of hydrogen-bond acceptors (Lipinski definition) is 14. The van der Waals surface area contributed by atoms with Gasteiger partial charge in [0.2, 0.25) is 0 Å². The minimum absolute atomic E-state index is 0.100. The van der Waals surface area contributed by atoms with Crippen molar-refractivity contribution in [3.63, 3.8) is 0 Å². The smallest absolute Gasteiger partial charge is 0.463 e. The third-order valence-electron chi connectivity index (χ3n) is 22.3. The number of phosphoric acid groups is 2. The first kappa shape index (κ1) is 125. The fourth-order valence-corrected chi connectivity index (χ4v) is 16.0. The Morgan fingerprint density at radius 2 is 0.405 bits per heavy atom. The SMILES string of the molecule is CC/C=C\C/C=C\C/C=C\C/C=C\C/C=C\C/C=C\CCCCCCCCCCCCCCCCC(=O)OCC(O)COP(=O)(O)OCC(O)COP(=O)(O)OCC(COC(=O)CCCCCCCCCCCCCC/C=C\C/C=C\C/C=C\C/C=C\C/C=C\C/C=C\CC)OC(=O)CCCCCCCCCCCCCCCCC/C=C\C/C=C\C/C=C\C/C=C\CCCCC. The van der Waals surface area contributed by atoms with Crippen molar-refractivity contribution in [2.45, 2.75) is 463 Å². The van der Waals surface area contributed by atoms with Crippen LogP contribution in [0.25, 0.3) is 0 Å². The Balaban J connectivity index is 4.64. The van der Waals surface area contributed by atoms with Crippen LogP contribution in [0, 0.1) is 0 Å². The second kappa shape index (κ2) is 103. The lowest BCUT2D eigenvalue weighted by Crippen LogP contribution is -2.30. The van der Waals surface area contributed by atoms with Gasteiger partial charge in [-0.15, -0.1) is 0 Å². The van der Waals surface area contributed by atoms with Gasteiger partial charge in [0.1, 0.15) is 25.4 Å². The molecule has 0 saturated carbocycles. The Morgan fingerprint density at radius 1 is 0.221 bits per heavy atom. The van der Waals surface area contributed by atoms with Crippen molar-refractivity contribution in [2.24, 2.45) is 0 Å². The second-order valence-electron chi connectivity index (χ2n) is 34.9. The minimum Gasteiger partial charge on any atom is -0.463 e. The van der Waals surface area contributed by atoms with E-state index in [1.54, 1.807) is 0 Å². The summed E-state index contributed by atoms with van der Waals surface area (Å²) in [6.45, 7) is 2.50. The molecule has 0 aromatic heterocycles. The molecule has 16 nitrogen and oxygen atoms in total. The van der Waals surface area contributed by atoms with Gasteiger partial charge < -0.3 is 34.2 Å². The van der Waals surface area contributed by atoms with E-state index in [0.717, 1.165) is 180 Å². The molecule has 0 rings (SSSR count). The largest absolute Gasteiger partial charge is 0.472 e. The molecule has 0 aliphatic carbocycles. The van der Waals surface area contributed by atoms with Crippen LogP contribution in [0.15, 0.2) is 194 Å². The van der Waals surface area contributed by atoms with Crippen LogP contribution in [0.3, 0.4) is 0 Å². The van der Waals surface area contributed by atoms with E-state index in [0.29, 0.717) is 19.3 Å². The molecule has 0 aliphatic rings. The van der Waals surface area contributed by atoms with Gasteiger partial charge >= 0.3 is 33.6 Å². The molecule has 0 heterocycles. The Morgan fingerprint density at radius 3 is 0.641 bits per heavy atom. The Labute approximate surface area is 801 Å². The van der Waals surface area contributed by atoms with Crippen LogP contribution < -0.4 is 0 Å². The molecule has 0 aromatic rings. The predicted molar refractivity (Wildman–Crippen MR) is 555 cm³/mol. The molecule has 750 valence electrons. The highest BCUT2D eigenvalue weighted by atomic mass is 31.2. The van der Waals surface area contributed by atoms with E-state index in [1.165, 1.54) is 205 Å². The van der Waals surface area contributed by atoms with E-state index in [-0.39, 0.29) is 19.3 Å². The number of phosphoric ester groups is 2. The number of aliphatic hydroxyl groups is 2. The highest BCUT2D eigenvalue weighted by Crippen LogP contribution is 2.45. The molecular formula is C113H192O16P2. The fraction of sp³-hybridized carbons (Fsp3) is 0.690. The molecule has 0 fully saturated rings. The number of carbonyl (C=O) groups is 3. The number of carbonyl (C=O) groups excluding carboxylic acids is 3. The van der Waals surface area contributed by atoms with Gasteiger partial charge in [0.25, 0.3) is 0 Å². The van der Waals surface area contributed by atoms with Crippen LogP contribution in [0.1, 0.15) is 445 Å². The predicted octanol–water partition coefficient (Wildman–Crippen LogP) is 33.7. The maximum Gasteiger partial charge on any atom is 0.472 e. The minimum atomic E-state index is -4.95. The highest BCUT2D eigenvalue weighted by molar-refractivity contribution is 7.47. The zero-order valence-corrected chi connectivity index (χ0v) is 85.0. The molecule has 0 amide bonds. The third kappa shape index (κ3) is 105. The van der Waals surface area contributed by atoms with E-state index >= 15 is 0 Å². The number of hydrogen-bond donors (Lipinski definition) is 4. The topological polar surface area (TPSA) is 231 Å². The average Bonchev–Trinajstić information content (AvgIpc) is 0.891. The standard InChI is InChI=1S/C113H192O16P2/c1-4-7-10-13-16-19-22-25-28-31-34-37-40-43-46-49-52-53-56-58-60-63-66-69-72-75-78-81-84-87-90-93-96-99-111(116)123-102-108(114)103-125-130(119,120)126-104-109(115)105-127-131(121,122)128-107-110(129-113(118)101-98-95-92-89-86-83-80-77-74-71-68-65-62-59-55-51-48-45-42-39-36-33-30-27-24-21-18-15-12-9-6-3)106-124-112(117)100-97-94-91-88-85-82-79-76-73-70-67-64-61-57-54-50-47-44-41-38-35-32-29-26-23-20-17-14-11-8-5-2/h7-8,10-11,16-21,25-30,34-39,43-48,52-54,57,108-110,114-115H,4-6,9,12-15,22-24,31-33,40-42,49-51,55-56,58-107H2,1-3H3,(H,119,120)(H,121,122)/b10-7-,11-8-,19-16-,20-17-,21-18-,28-25-,29-26-,30-27-,37-34-,38-35-,39-36-,46-43-,47-44-,48-45-,53-52-,57-54-. The quantitative estimate of drug-likeness (QED) is 0.0146. The molecule has 4 N–H and O–H groups in total. The van der Waals surface area contributed by atoms with Gasteiger partial charge in [0.15, 0.2) is 6.10 Å². The van der Waals surface area contributed by atoms with Gasteiger partial charge in [-0.25, -0.2) is 9.13 Å². The number of aliphatic hydroxyl groups excluding tert-OH is 2. The molecule has 0 bridgehead atoms. The van der Waals surface area contributed by atoms with E-state index in [2.05, 4.69) is 215 Å². The van der Waals surface area contributed by atoms with Crippen LogP contribution in [-0.4, -0.2) is 95.9 Å². The van der Waals surface area contributed by atoms with Crippen molar-refractivity contribution in [3.8, 4) is 0 Å². The molecular weight excluding hydrogens is 1680 g/mol. The maximum atomic E-state index is 13.1. The summed E-state index contributed by atoms with van der Waals surface area (Å²) < 4.78 is 61.8. The lowest BCUT2D eigenvalue weighted by Gasteiger charge is -2.21. The summed E-state index contributed by atoms with van der Waals surface area (Å²) in [6.07, 6.45) is 139. The first-order chi connectivity index (χ1) is 64.2. The molecule has 0 saturated heterocycles. The molecule has 0 spiro atoms. The van der Waals surface area contributed by atoms with Gasteiger partial charge in [-0.3, -0.25) is 32.5 Å². The molecule has 18 heteroatoms. The van der Waals surface area contributed by atoms with E-state index in [1.807, 2.05) is 0 Å². The zero-order valence-electron chi connectivity index (χ0n) is 83.2. The molecule has 5 unspecified atom stereocenters. The summed E-state index contributed by atoms with van der Waals surface area (Å²) in [4.78, 5) is 59.3. The second-order valence-corrected chi connectivity index (χ2v) is 37.8. The summed E-state index contributed by atoms with van der Waals surface area (Å²) in [6, 6.07) is 0. The number of ether oxygens (including phenoxy) is 3. The summed E-state index contributed by atoms with van der Waals surface area (Å²) in [5.41, 5.74) is 0. The van der Waals surface area contributed by atoms with Gasteiger partial charge in [-0.1, -0.05) is 453 Å². The van der Waals surface area contributed by atoms with Crippen LogP contribution >= 0.6 is 15.6 Å². The summed E-state index contributed by atoms with van der Waals surface area (Å²) >= 11 is 0. The number of allylic oxidation sites excluding steroid dienone is 32. The van der Waals surface area contributed by atoms with Crippen LogP contribution in [0.2, 0.25) is 0 Å². The van der Waals surface area contributed by atoms with Crippen molar-refractivity contribution >= 4 is 33.6 Å². The average molecular weight is 1870 g/mol. The lowest BCUT2D eigenvalue weighted by molar-refractivity contribution is -0.161. The van der Waals surface area contributed by atoms with Crippen LogP contribution in [-0.2, 0) is 55.8 Å². The molecule has 0 radical (unpaired) electrons. The summed E-state index contributed by atoms with van der Waals surface area (Å²) in [5.74, 6) is -1.56. The maximum absolute atomic E-state index is 13.1. The molecule has 5 atom stereocenters. The fourth-order valence-electron chi connectivity index (χ4n) is 14.4. The van der Waals surface area contributed by atoms with E-state index in [4.69, 9.17) is 32.3 Å². The lowest BCUT2D eigenvalue weighted by atomic mass is 10.0. The zero-order chi connectivity index (χ0) is 95.0. The Kier molecular flexibility index (Phi) is 98.9. The van der Waals surface area contributed by atoms with Gasteiger partial charge in [0, 0.05) is 19.3 Å². The first-order valence-corrected chi connectivity index (χ1v) is 55.7. The van der Waals surface area contributed by atoms with E-state index in [9.17, 15) is 43.5 Å². The van der Waals surface area contributed by atoms with Crippen molar-refractivity contribution < 1.29 is 75.8 Å². The van der Waals surface area contributed by atoms with Crippen molar-refractivity contribution in [3.05, 3.63) is 194 Å². The highest BCUT2D eigenvalue weighted by Gasteiger charge is 2.30. The van der Waals surface area contributed by atoms with Crippen LogP contribution in [0.4, 0.5) is 0 Å². The van der Waals surface area contributed by atoms with E-state index < -0.39 is 91.5 Å². The van der Waals surface area contributed by atoms with Gasteiger partial charge in [0.05, 0.1) is 26.4 Å². The Bertz CT molecular complexity index is 3160. The summed E-state index contributed by atoms with van der Waals surface area (Å²) in [7, 11) is -9.82. The molecule has 131 heavy (non-hydrogen) atoms. The number of esters is 3. The molecule has 0 aliphatic heterocycles. The number of unbranched alkanes of at least 4 members (excludes halogenated alkanes) is 44. The van der Waals surface area contributed by atoms with Crippen molar-refractivity contribution in [1.82, 2.24) is 0 Å².